The summed E-state index contributed by atoms with van der Waals surface area (Å²) in [5.41, 5.74) is 1.12. The predicted octanol–water partition coefficient (Wildman–Crippen LogP) is 4.65. The van der Waals surface area contributed by atoms with Crippen LogP contribution in [0.25, 0.3) is 0 Å². The number of halogens is 1. The summed E-state index contributed by atoms with van der Waals surface area (Å²) in [5.74, 6) is 0.905. The quantitative estimate of drug-likeness (QED) is 0.530. The van der Waals surface area contributed by atoms with E-state index >= 15 is 0 Å². The standard InChI is InChI=1S/C19H21ClN2O3S/c1-3-4-10-25-15-7-5-6-13(11-15)18(23)22-19(26)21-14-8-9-17(24-2)16(20)12-14/h5-9,11-12H,3-4,10H2,1-2H3,(H2,21,22,23,26). The van der Waals surface area contributed by atoms with Crippen molar-refractivity contribution in [3.05, 3.63) is 53.1 Å². The number of methoxy groups -OCH3 is 1. The average Bonchev–Trinajstić information content (AvgIpc) is 2.62. The molecule has 0 aromatic heterocycles. The maximum absolute atomic E-state index is 12.4. The van der Waals surface area contributed by atoms with Crippen LogP contribution >= 0.6 is 23.8 Å². The van der Waals surface area contributed by atoms with Crippen LogP contribution in [-0.4, -0.2) is 24.7 Å². The van der Waals surface area contributed by atoms with Crippen molar-refractivity contribution in [2.75, 3.05) is 19.0 Å². The number of thiocarbonyl (C=S) groups is 1. The van der Waals surface area contributed by atoms with E-state index in [0.717, 1.165) is 12.8 Å². The molecule has 2 N–H and O–H groups in total. The number of hydrogen-bond acceptors (Lipinski definition) is 4. The Bertz CT molecular complexity index is 783. The molecule has 0 atom stereocenters. The zero-order valence-electron chi connectivity index (χ0n) is 14.7. The van der Waals surface area contributed by atoms with Crippen molar-refractivity contribution in [2.24, 2.45) is 0 Å². The van der Waals surface area contributed by atoms with Gasteiger partial charge in [-0.1, -0.05) is 31.0 Å². The molecule has 0 spiro atoms. The molecule has 2 rings (SSSR count). The molecule has 2 aromatic rings. The summed E-state index contributed by atoms with van der Waals surface area (Å²) < 4.78 is 10.7. The van der Waals surface area contributed by atoms with Gasteiger partial charge in [0.15, 0.2) is 5.11 Å². The van der Waals surface area contributed by atoms with E-state index in [1.54, 1.807) is 43.5 Å². The molecule has 5 nitrogen and oxygen atoms in total. The van der Waals surface area contributed by atoms with Gasteiger partial charge in [0.05, 0.1) is 18.7 Å². The Hall–Kier alpha value is -2.31. The van der Waals surface area contributed by atoms with Crippen molar-refractivity contribution in [1.29, 1.82) is 0 Å². The number of anilines is 1. The highest BCUT2D eigenvalue weighted by atomic mass is 35.5. The van der Waals surface area contributed by atoms with Crippen LogP contribution in [0.5, 0.6) is 11.5 Å². The Kier molecular flexibility index (Phi) is 7.69. The van der Waals surface area contributed by atoms with Crippen LogP contribution < -0.4 is 20.1 Å². The fourth-order valence-electron chi connectivity index (χ4n) is 2.14. The molecule has 0 aliphatic rings. The van der Waals surface area contributed by atoms with Gasteiger partial charge < -0.3 is 14.8 Å². The van der Waals surface area contributed by atoms with Crippen LogP contribution in [-0.2, 0) is 0 Å². The van der Waals surface area contributed by atoms with Gasteiger partial charge in [0.25, 0.3) is 5.91 Å². The maximum atomic E-state index is 12.4. The molecule has 2 aromatic carbocycles. The molecule has 0 unspecified atom stereocenters. The minimum atomic E-state index is -0.317. The zero-order valence-corrected chi connectivity index (χ0v) is 16.2. The fraction of sp³-hybridized carbons (Fsp3) is 0.263. The smallest absolute Gasteiger partial charge is 0.257 e. The van der Waals surface area contributed by atoms with E-state index in [1.807, 2.05) is 6.07 Å². The topological polar surface area (TPSA) is 59.6 Å². The SMILES string of the molecule is CCCCOc1cccc(C(=O)NC(=S)Nc2ccc(OC)c(Cl)c2)c1. The highest BCUT2D eigenvalue weighted by Gasteiger charge is 2.10. The van der Waals surface area contributed by atoms with Crippen molar-refractivity contribution >= 4 is 40.5 Å². The van der Waals surface area contributed by atoms with Gasteiger partial charge in [-0.05, 0) is 55.0 Å². The Morgan fingerprint density at radius 3 is 2.73 bits per heavy atom. The molecule has 138 valence electrons. The second kappa shape index (κ2) is 9.99. The molecule has 0 radical (unpaired) electrons. The maximum Gasteiger partial charge on any atom is 0.257 e. The lowest BCUT2D eigenvalue weighted by Gasteiger charge is -2.12. The number of rotatable bonds is 7. The normalized spacial score (nSPS) is 10.1. The Labute approximate surface area is 163 Å². The lowest BCUT2D eigenvalue weighted by atomic mass is 10.2. The monoisotopic (exact) mass is 392 g/mol. The third kappa shape index (κ3) is 5.89. The number of ether oxygens (including phenoxy) is 2. The molecule has 0 fully saturated rings. The summed E-state index contributed by atoms with van der Waals surface area (Å²) in [6.07, 6.45) is 2.02. The highest BCUT2D eigenvalue weighted by Crippen LogP contribution is 2.27. The second-order valence-electron chi connectivity index (χ2n) is 5.49. The number of benzene rings is 2. The van der Waals surface area contributed by atoms with Crippen LogP contribution in [0.1, 0.15) is 30.1 Å². The van der Waals surface area contributed by atoms with Crippen molar-refractivity contribution in [1.82, 2.24) is 5.32 Å². The van der Waals surface area contributed by atoms with Crippen LogP contribution in [0.2, 0.25) is 5.02 Å². The Balaban J connectivity index is 1.95. The molecular formula is C19H21ClN2O3S. The van der Waals surface area contributed by atoms with E-state index in [4.69, 9.17) is 33.3 Å². The van der Waals surface area contributed by atoms with Gasteiger partial charge in [0.2, 0.25) is 0 Å². The van der Waals surface area contributed by atoms with E-state index in [-0.39, 0.29) is 11.0 Å². The third-order valence-corrected chi connectivity index (χ3v) is 4.00. The molecule has 0 heterocycles. The molecule has 0 bridgehead atoms. The number of unbranched alkanes of at least 4 members (excludes halogenated alkanes) is 1. The van der Waals surface area contributed by atoms with Crippen LogP contribution in [0.3, 0.4) is 0 Å². The first-order valence-electron chi connectivity index (χ1n) is 8.22. The summed E-state index contributed by atoms with van der Waals surface area (Å²) in [5, 5.41) is 6.18. The van der Waals surface area contributed by atoms with Crippen LogP contribution in [0.15, 0.2) is 42.5 Å². The number of carbonyl (C=O) groups excluding carboxylic acids is 1. The van der Waals surface area contributed by atoms with Crippen molar-refractivity contribution in [2.45, 2.75) is 19.8 Å². The Morgan fingerprint density at radius 2 is 2.04 bits per heavy atom. The van der Waals surface area contributed by atoms with Gasteiger partial charge in [0.1, 0.15) is 11.5 Å². The molecular weight excluding hydrogens is 372 g/mol. The molecule has 1 amide bonds. The minimum Gasteiger partial charge on any atom is -0.495 e. The molecule has 0 saturated carbocycles. The minimum absolute atomic E-state index is 0.175. The predicted molar refractivity (Wildman–Crippen MR) is 109 cm³/mol. The van der Waals surface area contributed by atoms with E-state index in [1.165, 1.54) is 0 Å². The fourth-order valence-corrected chi connectivity index (χ4v) is 2.61. The summed E-state index contributed by atoms with van der Waals surface area (Å²) >= 11 is 11.3. The van der Waals surface area contributed by atoms with E-state index in [2.05, 4.69) is 17.6 Å². The summed E-state index contributed by atoms with van der Waals surface area (Å²) in [6, 6.07) is 12.1. The first kappa shape index (κ1) is 20.0. The van der Waals surface area contributed by atoms with E-state index in [9.17, 15) is 4.79 Å². The van der Waals surface area contributed by atoms with Gasteiger partial charge >= 0.3 is 0 Å². The molecule has 0 aliphatic heterocycles. The first-order valence-corrected chi connectivity index (χ1v) is 9.01. The lowest BCUT2D eigenvalue weighted by Crippen LogP contribution is -2.34. The molecule has 26 heavy (non-hydrogen) atoms. The molecule has 0 aliphatic carbocycles. The van der Waals surface area contributed by atoms with Gasteiger partial charge in [0, 0.05) is 11.3 Å². The van der Waals surface area contributed by atoms with Gasteiger partial charge in [-0.3, -0.25) is 10.1 Å². The zero-order chi connectivity index (χ0) is 18.9. The highest BCUT2D eigenvalue weighted by molar-refractivity contribution is 7.80. The second-order valence-corrected chi connectivity index (χ2v) is 6.30. The van der Waals surface area contributed by atoms with Gasteiger partial charge in [-0.15, -0.1) is 0 Å². The molecule has 0 saturated heterocycles. The lowest BCUT2D eigenvalue weighted by molar-refractivity contribution is 0.0977. The third-order valence-electron chi connectivity index (χ3n) is 3.50. The summed E-state index contributed by atoms with van der Waals surface area (Å²) in [6.45, 7) is 2.72. The van der Waals surface area contributed by atoms with E-state index < -0.39 is 0 Å². The summed E-state index contributed by atoms with van der Waals surface area (Å²) in [7, 11) is 1.54. The average molecular weight is 393 g/mol. The molecule has 7 heteroatoms. The van der Waals surface area contributed by atoms with Crippen molar-refractivity contribution < 1.29 is 14.3 Å². The van der Waals surface area contributed by atoms with Gasteiger partial charge in [-0.2, -0.15) is 0 Å². The van der Waals surface area contributed by atoms with Crippen molar-refractivity contribution in [3.8, 4) is 11.5 Å². The summed E-state index contributed by atoms with van der Waals surface area (Å²) in [4.78, 5) is 12.4. The Morgan fingerprint density at radius 1 is 1.23 bits per heavy atom. The number of amides is 1. The van der Waals surface area contributed by atoms with Crippen LogP contribution in [0.4, 0.5) is 5.69 Å². The van der Waals surface area contributed by atoms with Crippen molar-refractivity contribution in [3.63, 3.8) is 0 Å². The number of nitrogens with one attached hydrogen (secondary N) is 2. The largest absolute Gasteiger partial charge is 0.495 e. The number of hydrogen-bond donors (Lipinski definition) is 2. The van der Waals surface area contributed by atoms with Crippen LogP contribution in [0, 0.1) is 0 Å². The number of carbonyl (C=O) groups is 1. The first-order chi connectivity index (χ1) is 12.5. The van der Waals surface area contributed by atoms with E-state index in [0.29, 0.717) is 34.4 Å². The van der Waals surface area contributed by atoms with Gasteiger partial charge in [-0.25, -0.2) is 0 Å².